The van der Waals surface area contributed by atoms with Gasteiger partial charge in [0.1, 0.15) is 13.2 Å². The van der Waals surface area contributed by atoms with E-state index in [0.29, 0.717) is 49.1 Å². The third kappa shape index (κ3) is 3.26. The van der Waals surface area contributed by atoms with Gasteiger partial charge in [-0.1, -0.05) is 6.07 Å². The predicted octanol–water partition coefficient (Wildman–Crippen LogP) is 3.05. The van der Waals surface area contributed by atoms with Gasteiger partial charge in [0, 0.05) is 18.3 Å². The molecule has 3 heterocycles. The van der Waals surface area contributed by atoms with E-state index in [9.17, 15) is 13.2 Å². The molecule has 0 aliphatic carbocycles. The van der Waals surface area contributed by atoms with Crippen molar-refractivity contribution in [3.8, 4) is 11.5 Å². The fourth-order valence-electron chi connectivity index (χ4n) is 3.59. The predicted molar refractivity (Wildman–Crippen MR) is 109 cm³/mol. The van der Waals surface area contributed by atoms with Crippen molar-refractivity contribution in [2.45, 2.75) is 11.3 Å². The second kappa shape index (κ2) is 7.10. The highest BCUT2D eigenvalue weighted by molar-refractivity contribution is 7.92. The van der Waals surface area contributed by atoms with E-state index in [1.54, 1.807) is 35.2 Å². The minimum absolute atomic E-state index is 0.0655. The van der Waals surface area contributed by atoms with E-state index in [-0.39, 0.29) is 16.6 Å². The maximum atomic E-state index is 12.9. The van der Waals surface area contributed by atoms with Crippen molar-refractivity contribution in [2.75, 3.05) is 29.4 Å². The molecule has 1 aromatic heterocycles. The number of ether oxygens (including phenoxy) is 2. The molecule has 0 saturated carbocycles. The Kier molecular flexibility index (Phi) is 4.39. The van der Waals surface area contributed by atoms with Gasteiger partial charge in [-0.15, -0.1) is 0 Å². The largest absolute Gasteiger partial charge is 0.486 e. The molecular formula is C21H18N2O6S. The van der Waals surface area contributed by atoms with Crippen molar-refractivity contribution in [3.05, 3.63) is 66.1 Å². The molecule has 0 spiro atoms. The van der Waals surface area contributed by atoms with Gasteiger partial charge in [-0.3, -0.25) is 9.52 Å². The zero-order valence-electron chi connectivity index (χ0n) is 15.8. The maximum Gasteiger partial charge on any atom is 0.293 e. The van der Waals surface area contributed by atoms with Crippen LogP contribution in [0.15, 0.2) is 64.1 Å². The first-order chi connectivity index (χ1) is 14.5. The van der Waals surface area contributed by atoms with Crippen molar-refractivity contribution in [1.82, 2.24) is 0 Å². The first-order valence-corrected chi connectivity index (χ1v) is 10.9. The number of amides is 1. The number of carbonyl (C=O) groups excluding carboxylic acids is 1. The topological polar surface area (TPSA) is 98.1 Å². The number of hydrogen-bond acceptors (Lipinski definition) is 6. The third-order valence-corrected chi connectivity index (χ3v) is 6.41. The summed E-state index contributed by atoms with van der Waals surface area (Å²) in [5.41, 5.74) is 2.00. The summed E-state index contributed by atoms with van der Waals surface area (Å²) >= 11 is 0. The molecular weight excluding hydrogens is 408 g/mol. The van der Waals surface area contributed by atoms with Gasteiger partial charge in [0.2, 0.25) is 0 Å². The minimum atomic E-state index is -3.85. The summed E-state index contributed by atoms with van der Waals surface area (Å²) in [5, 5.41) is 0. The van der Waals surface area contributed by atoms with Gasteiger partial charge in [-0.25, -0.2) is 8.42 Å². The monoisotopic (exact) mass is 426 g/mol. The molecule has 0 unspecified atom stereocenters. The first-order valence-electron chi connectivity index (χ1n) is 9.42. The quantitative estimate of drug-likeness (QED) is 0.689. The second-order valence-electron chi connectivity index (χ2n) is 6.94. The molecule has 30 heavy (non-hydrogen) atoms. The Bertz CT molecular complexity index is 1220. The number of nitrogens with zero attached hydrogens (tertiary/aromatic N) is 1. The molecule has 1 N–H and O–H groups in total. The van der Waals surface area contributed by atoms with Crippen molar-refractivity contribution >= 4 is 27.3 Å². The Morgan fingerprint density at radius 3 is 2.63 bits per heavy atom. The van der Waals surface area contributed by atoms with Gasteiger partial charge in [0.25, 0.3) is 15.9 Å². The van der Waals surface area contributed by atoms with Crippen LogP contribution in [-0.4, -0.2) is 34.1 Å². The lowest BCUT2D eigenvalue weighted by Crippen LogP contribution is -2.28. The van der Waals surface area contributed by atoms with E-state index in [4.69, 9.17) is 13.9 Å². The highest BCUT2D eigenvalue weighted by atomic mass is 32.2. The van der Waals surface area contributed by atoms with E-state index < -0.39 is 10.0 Å². The van der Waals surface area contributed by atoms with Crippen LogP contribution in [0.4, 0.5) is 11.4 Å². The van der Waals surface area contributed by atoms with E-state index in [1.807, 2.05) is 6.07 Å². The van der Waals surface area contributed by atoms with Crippen LogP contribution in [0.2, 0.25) is 0 Å². The molecule has 9 heteroatoms. The van der Waals surface area contributed by atoms with E-state index >= 15 is 0 Å². The standard InChI is InChI=1S/C21H18N2O6S/c24-21(19-2-1-9-27-19)23-8-7-14-3-4-15(12-17(14)23)22-30(25,26)16-5-6-18-20(13-16)29-11-10-28-18/h1-6,9,12-13,22H,7-8,10-11H2. The molecule has 2 aliphatic heterocycles. The lowest BCUT2D eigenvalue weighted by molar-refractivity contribution is 0.0963. The highest BCUT2D eigenvalue weighted by Crippen LogP contribution is 2.35. The van der Waals surface area contributed by atoms with Gasteiger partial charge in [-0.2, -0.15) is 0 Å². The van der Waals surface area contributed by atoms with Gasteiger partial charge in [0.05, 0.1) is 16.8 Å². The molecule has 154 valence electrons. The van der Waals surface area contributed by atoms with Crippen LogP contribution < -0.4 is 19.1 Å². The summed E-state index contributed by atoms with van der Waals surface area (Å²) in [6, 6.07) is 12.9. The smallest absolute Gasteiger partial charge is 0.293 e. The molecule has 2 aliphatic rings. The third-order valence-electron chi connectivity index (χ3n) is 5.03. The zero-order valence-corrected chi connectivity index (χ0v) is 16.6. The maximum absolute atomic E-state index is 12.9. The normalized spacial score (nSPS) is 15.0. The number of sulfonamides is 1. The van der Waals surface area contributed by atoms with Crippen LogP contribution in [0.5, 0.6) is 11.5 Å². The lowest BCUT2D eigenvalue weighted by atomic mass is 10.1. The molecule has 1 amide bonds. The fraction of sp³-hybridized carbons (Fsp3) is 0.190. The highest BCUT2D eigenvalue weighted by Gasteiger charge is 2.28. The number of hydrogen-bond donors (Lipinski definition) is 1. The second-order valence-corrected chi connectivity index (χ2v) is 8.62. The summed E-state index contributed by atoms with van der Waals surface area (Å²) in [6.45, 7) is 1.31. The summed E-state index contributed by atoms with van der Waals surface area (Å²) in [6.07, 6.45) is 2.14. The number of benzene rings is 2. The molecule has 0 fully saturated rings. The summed E-state index contributed by atoms with van der Waals surface area (Å²) in [7, 11) is -3.85. The summed E-state index contributed by atoms with van der Waals surface area (Å²) in [4.78, 5) is 14.4. The minimum Gasteiger partial charge on any atom is -0.486 e. The van der Waals surface area contributed by atoms with Gasteiger partial charge in [-0.05, 0) is 48.4 Å². The lowest BCUT2D eigenvalue weighted by Gasteiger charge is -2.19. The van der Waals surface area contributed by atoms with E-state index in [2.05, 4.69) is 4.72 Å². The molecule has 2 aromatic carbocycles. The first kappa shape index (κ1) is 18.6. The zero-order chi connectivity index (χ0) is 20.7. The molecule has 8 nitrogen and oxygen atoms in total. The molecule has 0 bridgehead atoms. The van der Waals surface area contributed by atoms with Crippen LogP contribution in [0, 0.1) is 0 Å². The van der Waals surface area contributed by atoms with Crippen LogP contribution >= 0.6 is 0 Å². The Hall–Kier alpha value is -3.46. The Balaban J connectivity index is 1.42. The summed E-state index contributed by atoms with van der Waals surface area (Å²) in [5.74, 6) is 0.897. The SMILES string of the molecule is O=C(c1ccco1)N1CCc2ccc(NS(=O)(=O)c3ccc4c(c3)OCCO4)cc21. The van der Waals surface area contributed by atoms with Crippen molar-refractivity contribution in [2.24, 2.45) is 0 Å². The number of fused-ring (bicyclic) bond motifs is 2. The Morgan fingerprint density at radius 2 is 1.83 bits per heavy atom. The van der Waals surface area contributed by atoms with Gasteiger partial charge >= 0.3 is 0 Å². The Morgan fingerprint density at radius 1 is 1.00 bits per heavy atom. The van der Waals surface area contributed by atoms with Crippen LogP contribution in [0.25, 0.3) is 0 Å². The number of carbonyl (C=O) groups is 1. The summed E-state index contributed by atoms with van der Waals surface area (Å²) < 4.78 is 44.5. The molecule has 0 saturated heterocycles. The van der Waals surface area contributed by atoms with Crippen LogP contribution in [0.3, 0.4) is 0 Å². The van der Waals surface area contributed by atoms with Crippen molar-refractivity contribution < 1.29 is 27.1 Å². The van der Waals surface area contributed by atoms with Crippen LogP contribution in [0.1, 0.15) is 16.1 Å². The number of furan rings is 1. The molecule has 5 rings (SSSR count). The average Bonchev–Trinajstić information content (AvgIpc) is 3.43. The molecule has 0 radical (unpaired) electrons. The molecule has 0 atom stereocenters. The number of anilines is 2. The van der Waals surface area contributed by atoms with Crippen molar-refractivity contribution in [3.63, 3.8) is 0 Å². The van der Waals surface area contributed by atoms with Crippen molar-refractivity contribution in [1.29, 1.82) is 0 Å². The van der Waals surface area contributed by atoms with Gasteiger partial charge in [0.15, 0.2) is 17.3 Å². The average molecular weight is 426 g/mol. The Labute approximate surface area is 173 Å². The fourth-order valence-corrected chi connectivity index (χ4v) is 4.66. The van der Waals surface area contributed by atoms with Gasteiger partial charge < -0.3 is 18.8 Å². The van der Waals surface area contributed by atoms with E-state index in [1.165, 1.54) is 18.4 Å². The number of rotatable bonds is 4. The number of nitrogens with one attached hydrogen (secondary N) is 1. The molecule has 3 aromatic rings. The van der Waals surface area contributed by atoms with Crippen LogP contribution in [-0.2, 0) is 16.4 Å². The van der Waals surface area contributed by atoms with E-state index in [0.717, 1.165) is 5.56 Å².